The Labute approximate surface area is 125 Å². The van der Waals surface area contributed by atoms with Crippen LogP contribution in [0.15, 0.2) is 23.1 Å². The Kier molecular flexibility index (Phi) is 4.67. The predicted octanol–water partition coefficient (Wildman–Crippen LogP) is 2.94. The molecule has 0 radical (unpaired) electrons. The highest BCUT2D eigenvalue weighted by molar-refractivity contribution is 7.89. The zero-order chi connectivity index (χ0) is 16.5. The molecule has 0 amide bonds. The van der Waals surface area contributed by atoms with Gasteiger partial charge in [-0.05, 0) is 31.0 Å². The van der Waals surface area contributed by atoms with E-state index in [0.717, 1.165) is 12.1 Å². The summed E-state index contributed by atoms with van der Waals surface area (Å²) in [6.07, 6.45) is -4.37. The molecule has 4 nitrogen and oxygen atoms in total. The molecule has 22 heavy (non-hydrogen) atoms. The highest BCUT2D eigenvalue weighted by Gasteiger charge is 2.49. The lowest BCUT2D eigenvalue weighted by atomic mass is 10.0. The second-order valence-corrected chi connectivity index (χ2v) is 6.82. The number of ether oxygens (including phenoxy) is 1. The summed E-state index contributed by atoms with van der Waals surface area (Å²) in [5, 5.41) is 0. The molecule has 9 heteroatoms. The quantitative estimate of drug-likeness (QED) is 0.794. The maximum absolute atomic E-state index is 13.4. The molecular formula is C13H15F4NO3S. The van der Waals surface area contributed by atoms with Crippen LogP contribution in [0.1, 0.15) is 19.3 Å². The largest absolute Gasteiger partial charge is 0.495 e. The third kappa shape index (κ3) is 3.19. The number of rotatable bonds is 3. The van der Waals surface area contributed by atoms with E-state index in [9.17, 15) is 26.0 Å². The average molecular weight is 341 g/mol. The maximum Gasteiger partial charge on any atom is 0.405 e. The van der Waals surface area contributed by atoms with E-state index in [1.165, 1.54) is 7.11 Å². The molecule has 1 fully saturated rings. The van der Waals surface area contributed by atoms with E-state index in [1.54, 1.807) is 0 Å². The van der Waals surface area contributed by atoms with Crippen LogP contribution < -0.4 is 4.74 Å². The second-order valence-electron chi connectivity index (χ2n) is 4.96. The minimum absolute atomic E-state index is 0.187. The van der Waals surface area contributed by atoms with E-state index < -0.39 is 33.0 Å². The lowest BCUT2D eigenvalue weighted by Gasteiger charge is -2.35. The van der Waals surface area contributed by atoms with Crippen LogP contribution in [0.2, 0.25) is 0 Å². The van der Waals surface area contributed by atoms with Crippen LogP contribution in [0.5, 0.6) is 5.75 Å². The molecule has 1 aliphatic rings. The van der Waals surface area contributed by atoms with Crippen LogP contribution in [0.25, 0.3) is 0 Å². The minimum atomic E-state index is -4.67. The maximum atomic E-state index is 13.4. The van der Waals surface area contributed by atoms with Gasteiger partial charge in [-0.15, -0.1) is 0 Å². The molecule has 124 valence electrons. The summed E-state index contributed by atoms with van der Waals surface area (Å²) in [6, 6.07) is 0.638. The third-order valence-corrected chi connectivity index (χ3v) is 5.47. The average Bonchev–Trinajstić information content (AvgIpc) is 2.46. The molecule has 1 unspecified atom stereocenters. The number of piperidine rings is 1. The highest BCUT2D eigenvalue weighted by Crippen LogP contribution is 2.37. The van der Waals surface area contributed by atoms with E-state index >= 15 is 0 Å². The summed E-state index contributed by atoms with van der Waals surface area (Å²) in [4.78, 5) is -0.592. The Morgan fingerprint density at radius 3 is 2.55 bits per heavy atom. The molecule has 1 saturated heterocycles. The summed E-state index contributed by atoms with van der Waals surface area (Å²) in [5.74, 6) is -1.05. The van der Waals surface area contributed by atoms with Gasteiger partial charge in [0.05, 0.1) is 7.11 Å². The SMILES string of the molecule is COc1ccc(F)cc1S(=O)(=O)N1CCCCC1C(F)(F)F. The lowest BCUT2D eigenvalue weighted by Crippen LogP contribution is -2.51. The second kappa shape index (κ2) is 6.04. The van der Waals surface area contributed by atoms with Crippen molar-refractivity contribution in [1.29, 1.82) is 0 Å². The van der Waals surface area contributed by atoms with E-state index in [0.29, 0.717) is 16.8 Å². The first-order valence-corrected chi connectivity index (χ1v) is 8.04. The number of benzene rings is 1. The van der Waals surface area contributed by atoms with Gasteiger partial charge in [0.25, 0.3) is 0 Å². The molecule has 0 spiro atoms. The van der Waals surface area contributed by atoms with Crippen LogP contribution in [-0.4, -0.2) is 38.6 Å². The first-order chi connectivity index (χ1) is 10.2. The van der Waals surface area contributed by atoms with Crippen molar-refractivity contribution in [3.63, 3.8) is 0 Å². The van der Waals surface area contributed by atoms with Crippen molar-refractivity contribution in [1.82, 2.24) is 4.31 Å². The number of halogens is 4. The molecule has 0 saturated carbocycles. The summed E-state index contributed by atoms with van der Waals surface area (Å²) < 4.78 is 83.0. The van der Waals surface area contributed by atoms with Crippen molar-refractivity contribution in [3.05, 3.63) is 24.0 Å². The molecular weight excluding hydrogens is 326 g/mol. The Bertz CT molecular complexity index is 645. The number of alkyl halides is 3. The fourth-order valence-electron chi connectivity index (χ4n) is 2.50. The summed E-state index contributed by atoms with van der Waals surface area (Å²) in [6.45, 7) is -0.258. The van der Waals surface area contributed by atoms with Crippen LogP contribution in [0.3, 0.4) is 0 Å². The van der Waals surface area contributed by atoms with E-state index in [2.05, 4.69) is 0 Å². The van der Waals surface area contributed by atoms with Crippen LogP contribution in [0, 0.1) is 5.82 Å². The molecule has 0 bridgehead atoms. The first-order valence-electron chi connectivity index (χ1n) is 6.60. The van der Waals surface area contributed by atoms with Gasteiger partial charge in [0.1, 0.15) is 22.5 Å². The molecule has 1 atom stereocenters. The van der Waals surface area contributed by atoms with Gasteiger partial charge in [-0.25, -0.2) is 12.8 Å². The van der Waals surface area contributed by atoms with Crippen molar-refractivity contribution in [3.8, 4) is 5.75 Å². The third-order valence-electron chi connectivity index (χ3n) is 3.54. The molecule has 1 aromatic carbocycles. The fraction of sp³-hybridized carbons (Fsp3) is 0.538. The molecule has 1 aromatic rings. The van der Waals surface area contributed by atoms with Crippen molar-refractivity contribution in [2.75, 3.05) is 13.7 Å². The number of nitrogens with zero attached hydrogens (tertiary/aromatic N) is 1. The van der Waals surface area contributed by atoms with Gasteiger partial charge < -0.3 is 4.74 Å². The molecule has 0 N–H and O–H groups in total. The van der Waals surface area contributed by atoms with Gasteiger partial charge in [0.15, 0.2) is 0 Å². The Morgan fingerprint density at radius 1 is 1.27 bits per heavy atom. The standard InChI is InChI=1S/C13H15F4NO3S/c1-21-10-6-5-9(14)8-11(10)22(19,20)18-7-3-2-4-12(18)13(15,16)17/h5-6,8,12H,2-4,7H2,1H3. The highest BCUT2D eigenvalue weighted by atomic mass is 32.2. The van der Waals surface area contributed by atoms with Crippen molar-refractivity contribution in [2.45, 2.75) is 36.4 Å². The molecule has 1 aliphatic heterocycles. The van der Waals surface area contributed by atoms with Crippen LogP contribution in [0.4, 0.5) is 17.6 Å². The van der Waals surface area contributed by atoms with E-state index in [1.807, 2.05) is 0 Å². The van der Waals surface area contributed by atoms with Gasteiger partial charge in [0.2, 0.25) is 10.0 Å². The topological polar surface area (TPSA) is 46.6 Å². The Balaban J connectivity index is 2.51. The van der Waals surface area contributed by atoms with Gasteiger partial charge in [-0.3, -0.25) is 0 Å². The summed E-state index contributed by atoms with van der Waals surface area (Å²) >= 11 is 0. The summed E-state index contributed by atoms with van der Waals surface area (Å²) in [5.41, 5.74) is 0. The molecule has 0 aliphatic carbocycles. The van der Waals surface area contributed by atoms with Gasteiger partial charge >= 0.3 is 6.18 Å². The molecule has 2 rings (SSSR count). The van der Waals surface area contributed by atoms with E-state index in [-0.39, 0.29) is 25.1 Å². The van der Waals surface area contributed by atoms with Crippen molar-refractivity contribution in [2.24, 2.45) is 0 Å². The lowest BCUT2D eigenvalue weighted by molar-refractivity contribution is -0.177. The Hall–Kier alpha value is -1.35. The number of hydrogen-bond donors (Lipinski definition) is 0. The fourth-order valence-corrected chi connectivity index (χ4v) is 4.35. The van der Waals surface area contributed by atoms with Crippen molar-refractivity contribution < 1.29 is 30.7 Å². The van der Waals surface area contributed by atoms with Crippen molar-refractivity contribution >= 4 is 10.0 Å². The first kappa shape index (κ1) is 17.0. The van der Waals surface area contributed by atoms with Crippen LogP contribution in [-0.2, 0) is 10.0 Å². The van der Waals surface area contributed by atoms with Gasteiger partial charge in [-0.2, -0.15) is 17.5 Å². The monoisotopic (exact) mass is 341 g/mol. The van der Waals surface area contributed by atoms with Crippen LogP contribution >= 0.6 is 0 Å². The predicted molar refractivity (Wildman–Crippen MR) is 70.5 cm³/mol. The zero-order valence-corrected chi connectivity index (χ0v) is 12.5. The number of methoxy groups -OCH3 is 1. The number of hydrogen-bond acceptors (Lipinski definition) is 3. The zero-order valence-electron chi connectivity index (χ0n) is 11.7. The normalized spacial score (nSPS) is 20.9. The molecule has 0 aromatic heterocycles. The number of sulfonamides is 1. The smallest absolute Gasteiger partial charge is 0.405 e. The summed E-state index contributed by atoms with van der Waals surface area (Å²) in [7, 11) is -3.34. The van der Waals surface area contributed by atoms with Gasteiger partial charge in [-0.1, -0.05) is 6.42 Å². The molecule has 1 heterocycles. The Morgan fingerprint density at radius 2 is 1.95 bits per heavy atom. The minimum Gasteiger partial charge on any atom is -0.495 e. The van der Waals surface area contributed by atoms with Gasteiger partial charge in [0, 0.05) is 6.54 Å². The van der Waals surface area contributed by atoms with E-state index in [4.69, 9.17) is 4.74 Å².